The summed E-state index contributed by atoms with van der Waals surface area (Å²) in [6.07, 6.45) is 7.54. The molecule has 0 spiro atoms. The molecule has 4 heteroatoms. The number of aromatic nitrogens is 2. The van der Waals surface area contributed by atoms with Crippen molar-refractivity contribution >= 4 is 12.2 Å². The predicted molar refractivity (Wildman–Crippen MR) is 60.5 cm³/mol. The Kier molecular flexibility index (Phi) is 2.21. The molecule has 3 nitrogen and oxygen atoms in total. The highest BCUT2D eigenvalue weighted by molar-refractivity contribution is 7.71. The molecule has 0 radical (unpaired) electrons. The van der Waals surface area contributed by atoms with E-state index in [0.717, 1.165) is 17.6 Å². The van der Waals surface area contributed by atoms with E-state index in [1.165, 1.54) is 18.5 Å². The molecule has 0 aromatic carbocycles. The van der Waals surface area contributed by atoms with Gasteiger partial charge in [-0.2, -0.15) is 0 Å². The van der Waals surface area contributed by atoms with Crippen molar-refractivity contribution in [3.8, 4) is 0 Å². The van der Waals surface area contributed by atoms with Crippen LogP contribution in [0.5, 0.6) is 0 Å². The summed E-state index contributed by atoms with van der Waals surface area (Å²) < 4.78 is 9.01. The van der Waals surface area contributed by atoms with E-state index in [2.05, 4.69) is 16.5 Å². The zero-order chi connectivity index (χ0) is 10.4. The lowest BCUT2D eigenvalue weighted by Gasteiger charge is -2.22. The van der Waals surface area contributed by atoms with E-state index in [4.69, 9.17) is 17.0 Å². The van der Waals surface area contributed by atoms with Crippen LogP contribution in [0.2, 0.25) is 0 Å². The molecule has 1 N–H and O–H groups in total. The van der Waals surface area contributed by atoms with Crippen LogP contribution < -0.4 is 0 Å². The summed E-state index contributed by atoms with van der Waals surface area (Å²) in [6, 6.07) is 0.484. The van der Waals surface area contributed by atoms with E-state index in [1.54, 1.807) is 0 Å². The predicted octanol–water partition coefficient (Wildman–Crippen LogP) is 2.60. The largest absolute Gasteiger partial charge is 0.373 e. The van der Waals surface area contributed by atoms with E-state index in [1.807, 2.05) is 6.20 Å². The van der Waals surface area contributed by atoms with Gasteiger partial charge in [0.1, 0.15) is 0 Å². The van der Waals surface area contributed by atoms with Crippen molar-refractivity contribution in [2.24, 2.45) is 0 Å². The zero-order valence-electron chi connectivity index (χ0n) is 8.90. The highest BCUT2D eigenvalue weighted by Gasteiger charge is 2.42. The maximum absolute atomic E-state index is 5.88. The molecule has 2 fully saturated rings. The molecule has 2 saturated heterocycles. The molecule has 3 atom stereocenters. The minimum Gasteiger partial charge on any atom is -0.373 e. The Hall–Kier alpha value is -0.610. The van der Waals surface area contributed by atoms with Crippen LogP contribution in [0.3, 0.4) is 0 Å². The van der Waals surface area contributed by atoms with Crippen molar-refractivity contribution in [2.75, 3.05) is 0 Å². The van der Waals surface area contributed by atoms with Crippen molar-refractivity contribution in [1.29, 1.82) is 0 Å². The first-order chi connectivity index (χ1) is 7.29. The lowest BCUT2D eigenvalue weighted by molar-refractivity contribution is 0.0933. The number of ether oxygens (including phenoxy) is 1. The number of aryl methyl sites for hydroxylation is 1. The lowest BCUT2D eigenvalue weighted by Crippen LogP contribution is -2.22. The van der Waals surface area contributed by atoms with Crippen LogP contribution in [-0.2, 0) is 11.2 Å². The molecule has 1 aromatic heterocycles. The second kappa shape index (κ2) is 3.46. The summed E-state index contributed by atoms with van der Waals surface area (Å²) >= 11 is 5.34. The van der Waals surface area contributed by atoms with E-state index >= 15 is 0 Å². The van der Waals surface area contributed by atoms with Gasteiger partial charge in [-0.15, -0.1) is 0 Å². The highest BCUT2D eigenvalue weighted by Crippen LogP contribution is 2.42. The minimum atomic E-state index is 0.405. The Morgan fingerprint density at radius 3 is 3.07 bits per heavy atom. The molecule has 2 aliphatic heterocycles. The average Bonchev–Trinajstić information content (AvgIpc) is 2.90. The first-order valence-corrected chi connectivity index (χ1v) is 6.14. The standard InChI is InChI=1S/C11H16N2OS/c1-2-7-6-12-11(15)13(7)9-5-8-3-4-10(9)14-8/h6,8-10H,2-5H2,1H3,(H,12,15). The summed E-state index contributed by atoms with van der Waals surface area (Å²) in [5, 5.41) is 0. The maximum atomic E-state index is 5.88. The first kappa shape index (κ1) is 9.60. The van der Waals surface area contributed by atoms with Crippen LogP contribution in [0.15, 0.2) is 6.20 Å². The van der Waals surface area contributed by atoms with Gasteiger partial charge in [0.15, 0.2) is 4.77 Å². The monoisotopic (exact) mass is 224 g/mol. The molecule has 2 aliphatic rings. The van der Waals surface area contributed by atoms with Crippen LogP contribution in [0, 0.1) is 4.77 Å². The number of imidazole rings is 1. The third kappa shape index (κ3) is 1.39. The fraction of sp³-hybridized carbons (Fsp3) is 0.727. The van der Waals surface area contributed by atoms with Gasteiger partial charge in [-0.05, 0) is 37.9 Å². The second-order valence-electron chi connectivity index (χ2n) is 4.49. The van der Waals surface area contributed by atoms with Gasteiger partial charge in [0, 0.05) is 11.9 Å². The molecular weight excluding hydrogens is 208 g/mol. The minimum absolute atomic E-state index is 0.405. The molecule has 0 amide bonds. The molecule has 3 heterocycles. The van der Waals surface area contributed by atoms with Crippen molar-refractivity contribution in [3.05, 3.63) is 16.7 Å². The fourth-order valence-electron chi connectivity index (χ4n) is 2.93. The Morgan fingerprint density at radius 1 is 1.60 bits per heavy atom. The molecule has 1 aromatic rings. The summed E-state index contributed by atoms with van der Waals surface area (Å²) in [5.74, 6) is 0. The molecule has 0 aliphatic carbocycles. The van der Waals surface area contributed by atoms with Crippen LogP contribution in [0.4, 0.5) is 0 Å². The molecule has 2 bridgehead atoms. The number of rotatable bonds is 2. The van der Waals surface area contributed by atoms with Gasteiger partial charge >= 0.3 is 0 Å². The Balaban J connectivity index is 1.99. The topological polar surface area (TPSA) is 29.9 Å². The van der Waals surface area contributed by atoms with E-state index in [-0.39, 0.29) is 0 Å². The van der Waals surface area contributed by atoms with Gasteiger partial charge in [0.05, 0.1) is 18.2 Å². The molecule has 0 saturated carbocycles. The Bertz CT molecular complexity index is 422. The summed E-state index contributed by atoms with van der Waals surface area (Å²) in [6.45, 7) is 2.17. The molecule has 15 heavy (non-hydrogen) atoms. The van der Waals surface area contributed by atoms with Crippen LogP contribution in [0.25, 0.3) is 0 Å². The summed E-state index contributed by atoms with van der Waals surface area (Å²) in [5.41, 5.74) is 1.31. The smallest absolute Gasteiger partial charge is 0.177 e. The molecule has 82 valence electrons. The highest BCUT2D eigenvalue weighted by atomic mass is 32.1. The fourth-order valence-corrected chi connectivity index (χ4v) is 3.24. The number of hydrogen-bond donors (Lipinski definition) is 1. The van der Waals surface area contributed by atoms with Gasteiger partial charge in [-0.1, -0.05) is 6.92 Å². The normalized spacial score (nSPS) is 33.8. The van der Waals surface area contributed by atoms with Gasteiger partial charge in [-0.3, -0.25) is 0 Å². The third-order valence-electron chi connectivity index (χ3n) is 3.66. The van der Waals surface area contributed by atoms with Gasteiger partial charge in [0.25, 0.3) is 0 Å². The quantitative estimate of drug-likeness (QED) is 0.783. The maximum Gasteiger partial charge on any atom is 0.177 e. The lowest BCUT2D eigenvalue weighted by atomic mass is 9.95. The van der Waals surface area contributed by atoms with Crippen LogP contribution in [-0.4, -0.2) is 21.8 Å². The van der Waals surface area contributed by atoms with Crippen molar-refractivity contribution in [3.63, 3.8) is 0 Å². The van der Waals surface area contributed by atoms with E-state index in [9.17, 15) is 0 Å². The number of H-pyrrole nitrogens is 1. The molecule has 3 rings (SSSR count). The van der Waals surface area contributed by atoms with Crippen molar-refractivity contribution < 1.29 is 4.74 Å². The number of hydrogen-bond acceptors (Lipinski definition) is 2. The van der Waals surface area contributed by atoms with Crippen LogP contribution in [0.1, 0.15) is 37.9 Å². The van der Waals surface area contributed by atoms with Gasteiger partial charge < -0.3 is 14.3 Å². The Morgan fingerprint density at radius 2 is 2.47 bits per heavy atom. The SMILES string of the molecule is CCc1c[nH]c(=S)n1C1CC2CCC1O2. The average molecular weight is 224 g/mol. The summed E-state index contributed by atoms with van der Waals surface area (Å²) in [4.78, 5) is 3.15. The van der Waals surface area contributed by atoms with Crippen LogP contribution >= 0.6 is 12.2 Å². The number of aromatic amines is 1. The third-order valence-corrected chi connectivity index (χ3v) is 3.97. The number of fused-ring (bicyclic) bond motifs is 2. The zero-order valence-corrected chi connectivity index (χ0v) is 9.72. The Labute approximate surface area is 94.5 Å². The van der Waals surface area contributed by atoms with E-state index in [0.29, 0.717) is 18.2 Å². The molecular formula is C11H16N2OS. The van der Waals surface area contributed by atoms with E-state index < -0.39 is 0 Å². The number of nitrogens with zero attached hydrogens (tertiary/aromatic N) is 1. The van der Waals surface area contributed by atoms with Crippen molar-refractivity contribution in [1.82, 2.24) is 9.55 Å². The summed E-state index contributed by atoms with van der Waals surface area (Å²) in [7, 11) is 0. The van der Waals surface area contributed by atoms with Gasteiger partial charge in [0.2, 0.25) is 0 Å². The van der Waals surface area contributed by atoms with Crippen molar-refractivity contribution in [2.45, 2.75) is 50.9 Å². The number of nitrogens with one attached hydrogen (secondary N) is 1. The first-order valence-electron chi connectivity index (χ1n) is 5.74. The van der Waals surface area contributed by atoms with Gasteiger partial charge in [-0.25, -0.2) is 0 Å². The second-order valence-corrected chi connectivity index (χ2v) is 4.87. The molecule has 3 unspecified atom stereocenters.